The molecule has 2 aliphatic rings. The van der Waals surface area contributed by atoms with Crippen LogP contribution in [0.15, 0.2) is 51.8 Å². The van der Waals surface area contributed by atoms with Gasteiger partial charge < -0.3 is 19.3 Å². The van der Waals surface area contributed by atoms with E-state index >= 15 is 4.39 Å². The van der Waals surface area contributed by atoms with Gasteiger partial charge in [-0.2, -0.15) is 0 Å². The zero-order valence-corrected chi connectivity index (χ0v) is 24.1. The van der Waals surface area contributed by atoms with E-state index in [0.717, 1.165) is 10.5 Å². The van der Waals surface area contributed by atoms with Crippen LogP contribution in [0, 0.1) is 5.82 Å². The number of amides is 1. The maximum absolute atomic E-state index is 15.5. The molecule has 0 aliphatic carbocycles. The van der Waals surface area contributed by atoms with E-state index in [0.29, 0.717) is 60.0 Å². The van der Waals surface area contributed by atoms with E-state index in [9.17, 15) is 9.59 Å². The number of hydrogen-bond donors (Lipinski definition) is 0. The number of carbonyl (C=O) groups excluding carboxylic acids is 2. The van der Waals surface area contributed by atoms with Crippen LogP contribution in [0.2, 0.25) is 10.0 Å². The average Bonchev–Trinajstić information content (AvgIpc) is 2.91. The van der Waals surface area contributed by atoms with Crippen LogP contribution < -0.4 is 4.90 Å². The topological polar surface area (TPSA) is 59.1 Å². The molecule has 1 saturated heterocycles. The van der Waals surface area contributed by atoms with Gasteiger partial charge in [0.1, 0.15) is 5.82 Å². The normalized spacial score (nSPS) is 15.3. The van der Waals surface area contributed by atoms with Crippen molar-refractivity contribution in [2.24, 2.45) is 0 Å². The van der Waals surface area contributed by atoms with Crippen molar-refractivity contribution in [3.05, 3.63) is 79.5 Å². The summed E-state index contributed by atoms with van der Waals surface area (Å²) in [4.78, 5) is 30.4. The Morgan fingerprint density at radius 1 is 1.08 bits per heavy atom. The summed E-state index contributed by atoms with van der Waals surface area (Å²) in [5, 5.41) is 0.532. The molecule has 0 saturated carbocycles. The van der Waals surface area contributed by atoms with Crippen molar-refractivity contribution in [1.82, 2.24) is 4.90 Å². The molecule has 1 amide bonds. The molecule has 198 valence electrons. The van der Waals surface area contributed by atoms with Crippen molar-refractivity contribution in [3.63, 3.8) is 0 Å². The Morgan fingerprint density at radius 2 is 1.79 bits per heavy atom. The summed E-state index contributed by atoms with van der Waals surface area (Å²) in [5.74, 6) is -1.06. The van der Waals surface area contributed by atoms with E-state index in [1.54, 1.807) is 23.1 Å². The van der Waals surface area contributed by atoms with Gasteiger partial charge in [-0.25, -0.2) is 9.18 Å². The molecule has 2 heterocycles. The minimum atomic E-state index is -0.596. The molecule has 3 aromatic rings. The monoisotopic (exact) mass is 638 g/mol. The second kappa shape index (κ2) is 11.4. The number of methoxy groups -OCH3 is 1. The molecular formula is C27H22BrCl2FN2O4S. The van der Waals surface area contributed by atoms with E-state index in [1.807, 2.05) is 23.1 Å². The van der Waals surface area contributed by atoms with Crippen LogP contribution in [-0.2, 0) is 16.0 Å². The van der Waals surface area contributed by atoms with E-state index in [-0.39, 0.29) is 27.1 Å². The standard InChI is InChI=1S/C27H22BrCl2FN2O4S/c1-36-27(35)19-11-22(31)18(12-23(19)32-5-7-37-8-6-32)17-4-2-3-15-13-33(14-38-25(15)17)26(34)24-20(29)9-16(28)10-21(24)30/h2-4,9-12H,5-8,13-14H2,1H3. The molecule has 0 radical (unpaired) electrons. The van der Waals surface area contributed by atoms with Gasteiger partial charge in [-0.1, -0.05) is 57.3 Å². The van der Waals surface area contributed by atoms with Crippen molar-refractivity contribution in [1.29, 1.82) is 0 Å². The van der Waals surface area contributed by atoms with Crippen LogP contribution in [0.5, 0.6) is 0 Å². The lowest BCUT2D eigenvalue weighted by atomic mass is 9.98. The number of carbonyl (C=O) groups is 2. The van der Waals surface area contributed by atoms with Crippen LogP contribution in [-0.4, -0.2) is 56.1 Å². The van der Waals surface area contributed by atoms with Crippen molar-refractivity contribution >= 4 is 68.5 Å². The van der Waals surface area contributed by atoms with E-state index < -0.39 is 11.8 Å². The van der Waals surface area contributed by atoms with E-state index in [1.165, 1.54) is 24.9 Å². The third-order valence-electron chi connectivity index (χ3n) is 6.46. The highest BCUT2D eigenvalue weighted by Crippen LogP contribution is 2.42. The van der Waals surface area contributed by atoms with Gasteiger partial charge in [-0.05, 0) is 35.4 Å². The first kappa shape index (κ1) is 27.3. The first-order valence-corrected chi connectivity index (χ1v) is 14.3. The summed E-state index contributed by atoms with van der Waals surface area (Å²) in [5.41, 5.74) is 2.97. The number of morpholine rings is 1. The van der Waals surface area contributed by atoms with Crippen molar-refractivity contribution < 1.29 is 23.5 Å². The van der Waals surface area contributed by atoms with Crippen LogP contribution in [0.4, 0.5) is 10.1 Å². The first-order valence-electron chi connectivity index (χ1n) is 11.7. The maximum Gasteiger partial charge on any atom is 0.340 e. The quantitative estimate of drug-likeness (QED) is 0.290. The minimum absolute atomic E-state index is 0.174. The Bertz CT molecular complexity index is 1410. The SMILES string of the molecule is COC(=O)c1cc(F)c(-c2cccc3c2SCN(C(=O)c2c(Cl)cc(Br)cc2Cl)C3)cc1N1CCOCC1. The third-order valence-corrected chi connectivity index (χ3v) is 8.73. The van der Waals surface area contributed by atoms with Gasteiger partial charge in [-0.3, -0.25) is 4.79 Å². The van der Waals surface area contributed by atoms with E-state index in [2.05, 4.69) is 15.9 Å². The Kier molecular flexibility index (Phi) is 8.21. The number of ether oxygens (including phenoxy) is 2. The smallest absolute Gasteiger partial charge is 0.340 e. The van der Waals surface area contributed by atoms with Crippen LogP contribution in [0.3, 0.4) is 0 Å². The highest BCUT2D eigenvalue weighted by atomic mass is 79.9. The number of anilines is 1. The fourth-order valence-electron chi connectivity index (χ4n) is 4.63. The fraction of sp³-hybridized carbons (Fsp3) is 0.259. The molecule has 2 aliphatic heterocycles. The van der Waals surface area contributed by atoms with Gasteiger partial charge in [0.25, 0.3) is 5.91 Å². The second-order valence-electron chi connectivity index (χ2n) is 8.75. The highest BCUT2D eigenvalue weighted by molar-refractivity contribution is 9.10. The summed E-state index contributed by atoms with van der Waals surface area (Å²) in [6, 6.07) is 11.8. The van der Waals surface area contributed by atoms with Crippen LogP contribution in [0.1, 0.15) is 26.3 Å². The molecular weight excluding hydrogens is 618 g/mol. The summed E-state index contributed by atoms with van der Waals surface area (Å²) in [6.45, 7) is 2.50. The molecule has 6 nitrogen and oxygen atoms in total. The number of benzene rings is 3. The Morgan fingerprint density at radius 3 is 2.47 bits per heavy atom. The number of halogens is 4. The molecule has 0 atom stereocenters. The molecule has 0 bridgehead atoms. The van der Waals surface area contributed by atoms with Gasteiger partial charge in [0.15, 0.2) is 0 Å². The van der Waals surface area contributed by atoms with Crippen LogP contribution in [0.25, 0.3) is 11.1 Å². The molecule has 38 heavy (non-hydrogen) atoms. The van der Waals surface area contributed by atoms with Gasteiger partial charge in [-0.15, -0.1) is 11.8 Å². The Labute approximate surface area is 242 Å². The predicted octanol–water partition coefficient (Wildman–Crippen LogP) is 6.89. The highest BCUT2D eigenvalue weighted by Gasteiger charge is 2.29. The zero-order valence-electron chi connectivity index (χ0n) is 20.2. The third kappa shape index (κ3) is 5.27. The van der Waals surface area contributed by atoms with Gasteiger partial charge in [0.2, 0.25) is 0 Å². The molecule has 11 heteroatoms. The predicted molar refractivity (Wildman–Crippen MR) is 151 cm³/mol. The first-order chi connectivity index (χ1) is 18.3. The van der Waals surface area contributed by atoms with Gasteiger partial charge in [0.05, 0.1) is 53.1 Å². The second-order valence-corrected chi connectivity index (χ2v) is 11.4. The van der Waals surface area contributed by atoms with Gasteiger partial charge >= 0.3 is 5.97 Å². The lowest BCUT2D eigenvalue weighted by Crippen LogP contribution is -2.37. The number of rotatable bonds is 4. The zero-order chi connectivity index (χ0) is 27.0. The van der Waals surface area contributed by atoms with Gasteiger partial charge in [0, 0.05) is 34.6 Å². The summed E-state index contributed by atoms with van der Waals surface area (Å²) < 4.78 is 26.6. The molecule has 0 N–H and O–H groups in total. The van der Waals surface area contributed by atoms with Crippen molar-refractivity contribution in [3.8, 4) is 11.1 Å². The average molecular weight is 640 g/mol. The molecule has 0 aromatic heterocycles. The minimum Gasteiger partial charge on any atom is -0.465 e. The number of esters is 1. The molecule has 0 unspecified atom stereocenters. The number of nitrogens with zero attached hydrogens (tertiary/aromatic N) is 2. The summed E-state index contributed by atoms with van der Waals surface area (Å²) in [6.07, 6.45) is 0. The van der Waals surface area contributed by atoms with Crippen molar-refractivity contribution in [2.75, 3.05) is 44.2 Å². The Hall–Kier alpha value is -2.30. The lowest BCUT2D eigenvalue weighted by molar-refractivity contribution is 0.0599. The van der Waals surface area contributed by atoms with E-state index in [4.69, 9.17) is 32.7 Å². The fourth-order valence-corrected chi connectivity index (χ4v) is 7.14. The maximum atomic E-state index is 15.5. The largest absolute Gasteiger partial charge is 0.465 e. The molecule has 5 rings (SSSR count). The molecule has 1 fully saturated rings. The summed E-state index contributed by atoms with van der Waals surface area (Å²) >= 11 is 17.5. The number of thioether (sulfide) groups is 1. The number of fused-ring (bicyclic) bond motifs is 1. The lowest BCUT2D eigenvalue weighted by Gasteiger charge is -2.32. The molecule has 3 aromatic carbocycles. The Balaban J connectivity index is 1.51. The summed E-state index contributed by atoms with van der Waals surface area (Å²) in [7, 11) is 1.28. The van der Waals surface area contributed by atoms with Crippen LogP contribution >= 0.6 is 50.9 Å². The number of hydrogen-bond acceptors (Lipinski definition) is 6. The molecule has 0 spiro atoms. The van der Waals surface area contributed by atoms with Crippen molar-refractivity contribution in [2.45, 2.75) is 11.4 Å².